The van der Waals surface area contributed by atoms with Crippen molar-refractivity contribution in [3.63, 3.8) is 0 Å². The molecule has 0 spiro atoms. The van der Waals surface area contributed by atoms with Gasteiger partial charge in [-0.1, -0.05) is 0 Å². The van der Waals surface area contributed by atoms with Crippen LogP contribution in [-0.2, 0) is 4.74 Å². The molecule has 1 aliphatic heterocycles. The van der Waals surface area contributed by atoms with E-state index in [2.05, 4.69) is 5.32 Å². The highest BCUT2D eigenvalue weighted by atomic mass is 19.1. The number of benzene rings is 1. The van der Waals surface area contributed by atoms with Gasteiger partial charge in [-0.15, -0.1) is 0 Å². The molecule has 1 N–H and O–H groups in total. The third-order valence-electron chi connectivity index (χ3n) is 4.07. The van der Waals surface area contributed by atoms with Crippen LogP contribution in [-0.4, -0.2) is 40.6 Å². The molecule has 25 heavy (non-hydrogen) atoms. The molecule has 8 heteroatoms. The number of hydrogen-bond donors (Lipinski definition) is 1. The Labute approximate surface area is 146 Å². The van der Waals surface area contributed by atoms with Crippen LogP contribution in [0.4, 0.5) is 20.6 Å². The highest BCUT2D eigenvalue weighted by Gasteiger charge is 2.28. The highest BCUT2D eigenvalue weighted by Crippen LogP contribution is 2.31. The second-order valence-electron chi connectivity index (χ2n) is 7.21. The van der Waals surface area contributed by atoms with Gasteiger partial charge in [-0.2, -0.15) is 0 Å². The number of nitrogens with zero attached hydrogens (tertiary/aromatic N) is 2. The smallest absolute Gasteiger partial charge is 0.410 e. The normalized spacial score (nSPS) is 15.8. The Morgan fingerprint density at radius 2 is 1.96 bits per heavy atom. The number of likely N-dealkylation sites (tertiary alicyclic amines) is 1. The third kappa shape index (κ3) is 4.80. The molecule has 138 valence electrons. The SMILES string of the molecule is Cc1c(F)ccc([N+](=O)[O-])c1NC1CCN(C(=O)OC(C)(C)C)CC1. The van der Waals surface area contributed by atoms with E-state index in [-0.39, 0.29) is 29.1 Å². The Hall–Kier alpha value is -2.38. The van der Waals surface area contributed by atoms with Crippen LogP contribution in [0.25, 0.3) is 0 Å². The first-order valence-corrected chi connectivity index (χ1v) is 8.26. The van der Waals surface area contributed by atoms with Crippen LogP contribution in [0.2, 0.25) is 0 Å². The van der Waals surface area contributed by atoms with Crippen LogP contribution < -0.4 is 5.32 Å². The predicted molar refractivity (Wildman–Crippen MR) is 92.2 cm³/mol. The Morgan fingerprint density at radius 3 is 2.48 bits per heavy atom. The number of ether oxygens (including phenoxy) is 1. The summed E-state index contributed by atoms with van der Waals surface area (Å²) < 4.78 is 19.1. The maximum atomic E-state index is 13.8. The lowest BCUT2D eigenvalue weighted by atomic mass is 10.0. The molecular formula is C17H24FN3O4. The Balaban J connectivity index is 2.02. The molecule has 0 radical (unpaired) electrons. The molecule has 1 aliphatic rings. The fraction of sp³-hybridized carbons (Fsp3) is 0.588. The molecular weight excluding hydrogens is 329 g/mol. The molecule has 2 rings (SSSR count). The lowest BCUT2D eigenvalue weighted by molar-refractivity contribution is -0.384. The topological polar surface area (TPSA) is 84.7 Å². The molecule has 1 aromatic rings. The van der Waals surface area contributed by atoms with Crippen LogP contribution in [0.1, 0.15) is 39.2 Å². The Kier molecular flexibility index (Phi) is 5.49. The zero-order valence-corrected chi connectivity index (χ0v) is 15.0. The summed E-state index contributed by atoms with van der Waals surface area (Å²) in [7, 11) is 0. The van der Waals surface area contributed by atoms with Crippen LogP contribution in [0.5, 0.6) is 0 Å². The molecule has 1 heterocycles. The average molecular weight is 353 g/mol. The second kappa shape index (κ2) is 7.25. The van der Waals surface area contributed by atoms with Gasteiger partial charge < -0.3 is 15.0 Å². The van der Waals surface area contributed by atoms with Crippen molar-refractivity contribution >= 4 is 17.5 Å². The van der Waals surface area contributed by atoms with Crippen molar-refractivity contribution in [3.05, 3.63) is 33.6 Å². The number of nitro benzene ring substituents is 1. The zero-order valence-electron chi connectivity index (χ0n) is 15.0. The molecule has 0 aliphatic carbocycles. The van der Waals surface area contributed by atoms with E-state index in [0.717, 1.165) is 6.07 Å². The second-order valence-corrected chi connectivity index (χ2v) is 7.21. The summed E-state index contributed by atoms with van der Waals surface area (Å²) in [6.45, 7) is 7.91. The number of nitro groups is 1. The minimum absolute atomic E-state index is 0.0714. The fourth-order valence-electron chi connectivity index (χ4n) is 2.74. The van der Waals surface area contributed by atoms with Gasteiger partial charge in [-0.3, -0.25) is 10.1 Å². The fourth-order valence-corrected chi connectivity index (χ4v) is 2.74. The van der Waals surface area contributed by atoms with Crippen molar-refractivity contribution in [3.8, 4) is 0 Å². The largest absolute Gasteiger partial charge is 0.444 e. The Morgan fingerprint density at radius 1 is 1.36 bits per heavy atom. The standard InChI is InChI=1S/C17H24FN3O4/c1-11-13(18)5-6-14(21(23)24)15(11)19-12-7-9-20(10-8-12)16(22)25-17(2,3)4/h5-6,12,19H,7-10H2,1-4H3. The average Bonchev–Trinajstić information content (AvgIpc) is 2.50. The highest BCUT2D eigenvalue weighted by molar-refractivity contribution is 5.69. The number of carbonyl (C=O) groups excluding carboxylic acids is 1. The van der Waals surface area contributed by atoms with E-state index >= 15 is 0 Å². The van der Waals surface area contributed by atoms with Crippen molar-refractivity contribution in [1.82, 2.24) is 4.90 Å². The van der Waals surface area contributed by atoms with E-state index in [4.69, 9.17) is 4.74 Å². The Bertz CT molecular complexity index is 665. The van der Waals surface area contributed by atoms with Crippen LogP contribution in [0.15, 0.2) is 12.1 Å². The summed E-state index contributed by atoms with van der Waals surface area (Å²) in [5.41, 5.74) is -0.260. The molecule has 1 aromatic carbocycles. The lowest BCUT2D eigenvalue weighted by Crippen LogP contribution is -2.44. The number of hydrogen-bond acceptors (Lipinski definition) is 5. The van der Waals surface area contributed by atoms with Crippen molar-refractivity contribution in [2.24, 2.45) is 0 Å². The first kappa shape index (κ1) is 19.0. The quantitative estimate of drug-likeness (QED) is 0.659. The summed E-state index contributed by atoms with van der Waals surface area (Å²) in [4.78, 5) is 24.3. The van der Waals surface area contributed by atoms with E-state index in [1.807, 2.05) is 20.8 Å². The number of amides is 1. The van der Waals surface area contributed by atoms with Crippen LogP contribution in [0, 0.1) is 22.9 Å². The first-order chi connectivity index (χ1) is 11.6. The van der Waals surface area contributed by atoms with E-state index in [1.54, 1.807) is 4.90 Å². The van der Waals surface area contributed by atoms with Crippen molar-refractivity contribution in [2.45, 2.75) is 52.2 Å². The molecule has 0 unspecified atom stereocenters. The molecule has 0 aromatic heterocycles. The van der Waals surface area contributed by atoms with E-state index in [1.165, 1.54) is 13.0 Å². The van der Waals surface area contributed by atoms with E-state index < -0.39 is 16.3 Å². The minimum Gasteiger partial charge on any atom is -0.444 e. The minimum atomic E-state index is -0.550. The van der Waals surface area contributed by atoms with Crippen LogP contribution >= 0.6 is 0 Å². The van der Waals surface area contributed by atoms with Gasteiger partial charge >= 0.3 is 6.09 Å². The zero-order chi connectivity index (χ0) is 18.8. The molecule has 1 saturated heterocycles. The van der Waals surface area contributed by atoms with Gasteiger partial charge in [-0.05, 0) is 46.6 Å². The van der Waals surface area contributed by atoms with Gasteiger partial charge in [0.05, 0.1) is 4.92 Å². The number of rotatable bonds is 3. The van der Waals surface area contributed by atoms with E-state index in [0.29, 0.717) is 25.9 Å². The number of anilines is 1. The number of halogens is 1. The third-order valence-corrected chi connectivity index (χ3v) is 4.07. The molecule has 0 atom stereocenters. The van der Waals surface area contributed by atoms with Gasteiger partial charge in [0.15, 0.2) is 0 Å². The lowest BCUT2D eigenvalue weighted by Gasteiger charge is -2.34. The number of nitrogens with one attached hydrogen (secondary N) is 1. The molecule has 1 amide bonds. The summed E-state index contributed by atoms with van der Waals surface area (Å²) in [5, 5.41) is 14.3. The van der Waals surface area contributed by atoms with Crippen molar-refractivity contribution in [1.29, 1.82) is 0 Å². The van der Waals surface area contributed by atoms with E-state index in [9.17, 15) is 19.3 Å². The summed E-state index contributed by atoms with van der Waals surface area (Å²) in [5.74, 6) is -0.487. The monoisotopic (exact) mass is 353 g/mol. The van der Waals surface area contributed by atoms with Gasteiger partial charge in [0.2, 0.25) is 0 Å². The molecule has 1 fully saturated rings. The first-order valence-electron chi connectivity index (χ1n) is 8.26. The van der Waals surface area contributed by atoms with Crippen molar-refractivity contribution < 1.29 is 18.8 Å². The number of carbonyl (C=O) groups is 1. The maximum Gasteiger partial charge on any atom is 0.410 e. The van der Waals surface area contributed by atoms with Gasteiger partial charge in [0.25, 0.3) is 5.69 Å². The number of piperidine rings is 1. The van der Waals surface area contributed by atoms with Crippen molar-refractivity contribution in [2.75, 3.05) is 18.4 Å². The van der Waals surface area contributed by atoms with Gasteiger partial charge in [0.1, 0.15) is 17.1 Å². The van der Waals surface area contributed by atoms with Gasteiger partial charge in [0, 0.05) is 30.8 Å². The van der Waals surface area contributed by atoms with Gasteiger partial charge in [-0.25, -0.2) is 9.18 Å². The molecule has 0 saturated carbocycles. The summed E-state index contributed by atoms with van der Waals surface area (Å²) in [6.07, 6.45) is 0.845. The summed E-state index contributed by atoms with van der Waals surface area (Å²) in [6, 6.07) is 2.20. The maximum absolute atomic E-state index is 13.8. The molecule has 0 bridgehead atoms. The summed E-state index contributed by atoms with van der Waals surface area (Å²) >= 11 is 0. The van der Waals surface area contributed by atoms with Crippen LogP contribution in [0.3, 0.4) is 0 Å². The predicted octanol–water partition coefficient (Wildman–Crippen LogP) is 3.85. The molecule has 7 nitrogen and oxygen atoms in total.